The smallest absolute Gasteiger partial charge is 0.227 e. The minimum Gasteiger partial charge on any atom is -0.355 e. The molecule has 3 heteroatoms. The van der Waals surface area contributed by atoms with Crippen molar-refractivity contribution in [1.82, 2.24) is 10.6 Å². The van der Waals surface area contributed by atoms with Gasteiger partial charge in [0.05, 0.1) is 5.92 Å². The van der Waals surface area contributed by atoms with Crippen LogP contribution >= 0.6 is 0 Å². The number of piperidine rings is 1. The van der Waals surface area contributed by atoms with Gasteiger partial charge in [-0.15, -0.1) is 0 Å². The molecule has 0 aromatic heterocycles. The number of rotatable bonds is 4. The Labute approximate surface area is 115 Å². The zero-order valence-corrected chi connectivity index (χ0v) is 11.9. The fraction of sp³-hybridized carbons (Fsp3) is 0.562. The van der Waals surface area contributed by atoms with Crippen LogP contribution in [-0.4, -0.2) is 25.5 Å². The molecule has 0 aliphatic carbocycles. The van der Waals surface area contributed by atoms with Crippen molar-refractivity contribution in [3.63, 3.8) is 0 Å². The molecule has 1 aliphatic rings. The Balaban J connectivity index is 1.87. The lowest BCUT2D eigenvalue weighted by molar-refractivity contribution is -0.122. The third-order valence-electron chi connectivity index (χ3n) is 4.19. The Morgan fingerprint density at radius 1 is 1.32 bits per heavy atom. The van der Waals surface area contributed by atoms with Crippen LogP contribution in [0.3, 0.4) is 0 Å². The van der Waals surface area contributed by atoms with E-state index in [1.165, 1.54) is 0 Å². The second-order valence-electron chi connectivity index (χ2n) is 5.91. The van der Waals surface area contributed by atoms with Gasteiger partial charge in [0.25, 0.3) is 0 Å². The molecule has 1 unspecified atom stereocenters. The summed E-state index contributed by atoms with van der Waals surface area (Å²) >= 11 is 0. The largest absolute Gasteiger partial charge is 0.355 e. The van der Waals surface area contributed by atoms with Crippen LogP contribution in [0.5, 0.6) is 0 Å². The molecule has 1 fully saturated rings. The number of carbonyl (C=O) groups excluding carboxylic acids is 1. The third kappa shape index (κ3) is 3.80. The van der Waals surface area contributed by atoms with Gasteiger partial charge in [-0.05, 0) is 43.8 Å². The van der Waals surface area contributed by atoms with E-state index in [4.69, 9.17) is 0 Å². The minimum absolute atomic E-state index is 0.0773. The molecule has 1 saturated heterocycles. The Hall–Kier alpha value is -1.35. The number of amides is 1. The van der Waals surface area contributed by atoms with Gasteiger partial charge in [-0.3, -0.25) is 4.79 Å². The molecule has 3 nitrogen and oxygen atoms in total. The molecule has 0 spiro atoms. The van der Waals surface area contributed by atoms with E-state index in [-0.39, 0.29) is 17.2 Å². The van der Waals surface area contributed by atoms with Crippen LogP contribution in [-0.2, 0) is 4.79 Å². The number of benzene rings is 1. The van der Waals surface area contributed by atoms with E-state index < -0.39 is 0 Å². The maximum Gasteiger partial charge on any atom is 0.227 e. The van der Waals surface area contributed by atoms with Gasteiger partial charge >= 0.3 is 0 Å². The first kappa shape index (κ1) is 14.1. The van der Waals surface area contributed by atoms with E-state index in [0.717, 1.165) is 38.0 Å². The van der Waals surface area contributed by atoms with Gasteiger partial charge in [0.2, 0.25) is 5.91 Å². The normalized spacial score (nSPS) is 19.7. The van der Waals surface area contributed by atoms with Crippen molar-refractivity contribution in [2.24, 2.45) is 5.41 Å². The summed E-state index contributed by atoms with van der Waals surface area (Å²) in [5, 5.41) is 6.49. The predicted octanol–water partition coefficient (Wildman–Crippen LogP) is 2.30. The van der Waals surface area contributed by atoms with Crippen molar-refractivity contribution in [3.05, 3.63) is 35.9 Å². The van der Waals surface area contributed by atoms with Crippen molar-refractivity contribution >= 4 is 5.91 Å². The average molecular weight is 260 g/mol. The molecule has 0 saturated carbocycles. The van der Waals surface area contributed by atoms with E-state index in [9.17, 15) is 4.79 Å². The summed E-state index contributed by atoms with van der Waals surface area (Å²) in [6.07, 6.45) is 2.26. The van der Waals surface area contributed by atoms with E-state index in [2.05, 4.69) is 17.6 Å². The van der Waals surface area contributed by atoms with Crippen molar-refractivity contribution < 1.29 is 4.79 Å². The summed E-state index contributed by atoms with van der Waals surface area (Å²) in [6, 6.07) is 9.96. The molecular weight excluding hydrogens is 236 g/mol. The van der Waals surface area contributed by atoms with Crippen LogP contribution in [0.25, 0.3) is 0 Å². The topological polar surface area (TPSA) is 41.1 Å². The Kier molecular flexibility index (Phi) is 4.59. The highest BCUT2D eigenvalue weighted by molar-refractivity contribution is 5.83. The number of nitrogens with one attached hydrogen (secondary N) is 2. The van der Waals surface area contributed by atoms with E-state index in [1.807, 2.05) is 37.3 Å². The van der Waals surface area contributed by atoms with Gasteiger partial charge in [-0.1, -0.05) is 37.3 Å². The zero-order chi connectivity index (χ0) is 13.7. The lowest BCUT2D eigenvalue weighted by atomic mass is 9.81. The molecule has 1 aliphatic heterocycles. The lowest BCUT2D eigenvalue weighted by Gasteiger charge is -2.34. The second kappa shape index (κ2) is 6.20. The Morgan fingerprint density at radius 3 is 2.58 bits per heavy atom. The molecule has 104 valence electrons. The average Bonchev–Trinajstić information content (AvgIpc) is 2.46. The molecule has 1 aromatic carbocycles. The van der Waals surface area contributed by atoms with E-state index in [0.29, 0.717) is 0 Å². The molecule has 0 bridgehead atoms. The second-order valence-corrected chi connectivity index (χ2v) is 5.91. The van der Waals surface area contributed by atoms with Crippen LogP contribution in [0.4, 0.5) is 0 Å². The quantitative estimate of drug-likeness (QED) is 0.872. The standard InChI is InChI=1S/C16H24N2O/c1-13(14-6-4-3-5-7-14)15(19)18-12-16(2)8-10-17-11-9-16/h3-7,13,17H,8-12H2,1-2H3,(H,18,19). The molecule has 1 aromatic rings. The van der Waals surface area contributed by atoms with Crippen LogP contribution in [0.1, 0.15) is 38.2 Å². The predicted molar refractivity (Wildman–Crippen MR) is 78.1 cm³/mol. The summed E-state index contributed by atoms with van der Waals surface area (Å²) in [5.41, 5.74) is 1.33. The lowest BCUT2D eigenvalue weighted by Crippen LogP contribution is -2.43. The Bertz CT molecular complexity index is 410. The van der Waals surface area contributed by atoms with Crippen molar-refractivity contribution in [1.29, 1.82) is 0 Å². The van der Waals surface area contributed by atoms with Crippen molar-refractivity contribution in [3.8, 4) is 0 Å². The van der Waals surface area contributed by atoms with Gasteiger partial charge in [0.1, 0.15) is 0 Å². The minimum atomic E-state index is -0.0773. The first-order valence-electron chi connectivity index (χ1n) is 7.14. The summed E-state index contributed by atoms with van der Waals surface area (Å²) < 4.78 is 0. The number of carbonyl (C=O) groups is 1. The number of hydrogen-bond acceptors (Lipinski definition) is 2. The fourth-order valence-corrected chi connectivity index (χ4v) is 2.55. The third-order valence-corrected chi connectivity index (χ3v) is 4.19. The Morgan fingerprint density at radius 2 is 1.95 bits per heavy atom. The maximum absolute atomic E-state index is 12.2. The summed E-state index contributed by atoms with van der Waals surface area (Å²) in [4.78, 5) is 12.2. The molecule has 0 radical (unpaired) electrons. The van der Waals surface area contributed by atoms with Crippen LogP contribution in [0.2, 0.25) is 0 Å². The number of hydrogen-bond donors (Lipinski definition) is 2. The van der Waals surface area contributed by atoms with Gasteiger partial charge in [0.15, 0.2) is 0 Å². The van der Waals surface area contributed by atoms with Crippen molar-refractivity contribution in [2.45, 2.75) is 32.6 Å². The molecule has 2 rings (SSSR count). The summed E-state index contributed by atoms with van der Waals surface area (Å²) in [6.45, 7) is 7.13. The van der Waals surface area contributed by atoms with E-state index >= 15 is 0 Å². The molecule has 19 heavy (non-hydrogen) atoms. The highest BCUT2D eigenvalue weighted by Crippen LogP contribution is 2.27. The van der Waals surface area contributed by atoms with Gasteiger partial charge in [-0.25, -0.2) is 0 Å². The molecular formula is C16H24N2O. The first-order chi connectivity index (χ1) is 9.11. The SMILES string of the molecule is CC(C(=O)NCC1(C)CCNCC1)c1ccccc1. The highest BCUT2D eigenvalue weighted by Gasteiger charge is 2.27. The van der Waals surface area contributed by atoms with Crippen LogP contribution < -0.4 is 10.6 Å². The highest BCUT2D eigenvalue weighted by atomic mass is 16.1. The molecule has 1 heterocycles. The zero-order valence-electron chi connectivity index (χ0n) is 11.9. The summed E-state index contributed by atoms with van der Waals surface area (Å²) in [5.74, 6) is 0.0532. The summed E-state index contributed by atoms with van der Waals surface area (Å²) in [7, 11) is 0. The molecule has 1 amide bonds. The van der Waals surface area contributed by atoms with E-state index in [1.54, 1.807) is 0 Å². The van der Waals surface area contributed by atoms with Gasteiger partial charge in [0, 0.05) is 6.54 Å². The first-order valence-corrected chi connectivity index (χ1v) is 7.14. The maximum atomic E-state index is 12.2. The van der Waals surface area contributed by atoms with Crippen LogP contribution in [0.15, 0.2) is 30.3 Å². The monoisotopic (exact) mass is 260 g/mol. The van der Waals surface area contributed by atoms with Crippen LogP contribution in [0, 0.1) is 5.41 Å². The fourth-order valence-electron chi connectivity index (χ4n) is 2.55. The van der Waals surface area contributed by atoms with Gasteiger partial charge < -0.3 is 10.6 Å². The molecule has 2 N–H and O–H groups in total. The molecule has 1 atom stereocenters. The van der Waals surface area contributed by atoms with Crippen molar-refractivity contribution in [2.75, 3.05) is 19.6 Å². The van der Waals surface area contributed by atoms with Gasteiger partial charge in [-0.2, -0.15) is 0 Å².